The maximum Gasteiger partial charge on any atom is 0.220 e. The third-order valence-electron chi connectivity index (χ3n) is 11.4. The van der Waals surface area contributed by atoms with Gasteiger partial charge >= 0.3 is 0 Å². The molecule has 0 fully saturated rings. The Kier molecular flexibility index (Phi) is 43.3. The fraction of sp³-hybridized carbons (Fsp3) is 0.979. The quantitative estimate of drug-likeness (QED) is 0.0549. The fourth-order valence-electron chi connectivity index (χ4n) is 7.72. The summed E-state index contributed by atoms with van der Waals surface area (Å²) in [6.07, 6.45) is 53.4. The van der Waals surface area contributed by atoms with Crippen LogP contribution < -0.4 is 5.32 Å². The van der Waals surface area contributed by atoms with Crippen LogP contribution in [0.3, 0.4) is 0 Å². The van der Waals surface area contributed by atoms with Gasteiger partial charge < -0.3 is 15.5 Å². The topological polar surface area (TPSA) is 69.6 Å². The molecule has 0 bridgehead atoms. The molecule has 0 saturated heterocycles. The van der Waals surface area contributed by atoms with Crippen molar-refractivity contribution in [2.75, 3.05) is 6.61 Å². The minimum atomic E-state index is -0.653. The van der Waals surface area contributed by atoms with E-state index in [1.54, 1.807) is 0 Å². The predicted molar refractivity (Wildman–Crippen MR) is 226 cm³/mol. The van der Waals surface area contributed by atoms with Crippen molar-refractivity contribution in [2.45, 2.75) is 289 Å². The van der Waals surface area contributed by atoms with Gasteiger partial charge in [-0.05, 0) is 12.8 Å². The number of aliphatic hydroxyl groups excluding tert-OH is 2. The van der Waals surface area contributed by atoms with Crippen molar-refractivity contribution in [1.29, 1.82) is 0 Å². The van der Waals surface area contributed by atoms with Gasteiger partial charge in [0.15, 0.2) is 0 Å². The minimum absolute atomic E-state index is 0.0246. The molecule has 3 N–H and O–H groups in total. The van der Waals surface area contributed by atoms with E-state index in [0.29, 0.717) is 12.8 Å². The Morgan fingerprint density at radius 1 is 0.392 bits per heavy atom. The number of hydrogen-bond acceptors (Lipinski definition) is 3. The second-order valence-corrected chi connectivity index (χ2v) is 16.5. The molecule has 0 aromatic heterocycles. The van der Waals surface area contributed by atoms with Gasteiger partial charge in [-0.2, -0.15) is 0 Å². The van der Waals surface area contributed by atoms with Gasteiger partial charge in [-0.25, -0.2) is 0 Å². The van der Waals surface area contributed by atoms with Gasteiger partial charge in [0.1, 0.15) is 0 Å². The Balaban J connectivity index is 3.42. The first-order valence-electron chi connectivity index (χ1n) is 23.7. The van der Waals surface area contributed by atoms with E-state index in [0.717, 1.165) is 25.7 Å². The summed E-state index contributed by atoms with van der Waals surface area (Å²) in [5.74, 6) is -0.0246. The van der Waals surface area contributed by atoms with Crippen LogP contribution in [0.5, 0.6) is 0 Å². The molecule has 0 aliphatic rings. The van der Waals surface area contributed by atoms with Crippen LogP contribution in [-0.4, -0.2) is 34.9 Å². The zero-order chi connectivity index (χ0) is 37.1. The van der Waals surface area contributed by atoms with Crippen molar-refractivity contribution in [3.05, 3.63) is 0 Å². The Morgan fingerprint density at radius 2 is 0.627 bits per heavy atom. The van der Waals surface area contributed by atoms with Gasteiger partial charge in [0.2, 0.25) is 5.91 Å². The van der Waals surface area contributed by atoms with Crippen LogP contribution >= 0.6 is 0 Å². The van der Waals surface area contributed by atoms with Crippen molar-refractivity contribution >= 4 is 5.91 Å². The largest absolute Gasteiger partial charge is 0.394 e. The van der Waals surface area contributed by atoms with Crippen LogP contribution in [0, 0.1) is 0 Å². The van der Waals surface area contributed by atoms with Gasteiger partial charge in [0, 0.05) is 6.42 Å². The van der Waals surface area contributed by atoms with Crippen LogP contribution in [-0.2, 0) is 4.79 Å². The van der Waals surface area contributed by atoms with Crippen LogP contribution in [0.4, 0.5) is 0 Å². The Bertz CT molecular complexity index is 655. The smallest absolute Gasteiger partial charge is 0.220 e. The summed E-state index contributed by atoms with van der Waals surface area (Å²) >= 11 is 0. The number of nitrogens with one attached hydrogen (secondary N) is 1. The molecule has 0 unspecified atom stereocenters. The molecule has 0 heterocycles. The van der Waals surface area contributed by atoms with Crippen molar-refractivity contribution < 1.29 is 15.0 Å². The third-order valence-corrected chi connectivity index (χ3v) is 11.4. The summed E-state index contributed by atoms with van der Waals surface area (Å²) in [7, 11) is 0. The van der Waals surface area contributed by atoms with E-state index in [-0.39, 0.29) is 12.5 Å². The highest BCUT2D eigenvalue weighted by Gasteiger charge is 2.20. The summed E-state index contributed by atoms with van der Waals surface area (Å²) in [6.45, 7) is 4.39. The highest BCUT2D eigenvalue weighted by Crippen LogP contribution is 2.17. The summed E-state index contributed by atoms with van der Waals surface area (Å²) in [4.78, 5) is 12.4. The van der Waals surface area contributed by atoms with Crippen molar-refractivity contribution in [2.24, 2.45) is 0 Å². The molecule has 2 atom stereocenters. The van der Waals surface area contributed by atoms with Crippen LogP contribution in [0.1, 0.15) is 277 Å². The highest BCUT2D eigenvalue weighted by molar-refractivity contribution is 5.76. The first kappa shape index (κ1) is 50.4. The Labute approximate surface area is 321 Å². The van der Waals surface area contributed by atoms with Crippen LogP contribution in [0.2, 0.25) is 0 Å². The van der Waals surface area contributed by atoms with Gasteiger partial charge in [-0.15, -0.1) is 0 Å². The first-order valence-corrected chi connectivity index (χ1v) is 23.7. The molecule has 4 nitrogen and oxygen atoms in total. The monoisotopic (exact) mass is 722 g/mol. The average Bonchev–Trinajstić information content (AvgIpc) is 3.13. The summed E-state index contributed by atoms with van der Waals surface area (Å²) in [5.41, 5.74) is 0. The summed E-state index contributed by atoms with van der Waals surface area (Å²) in [5, 5.41) is 23.2. The predicted octanol–water partition coefficient (Wildman–Crippen LogP) is 14.9. The second-order valence-electron chi connectivity index (χ2n) is 16.5. The van der Waals surface area contributed by atoms with Gasteiger partial charge in [0.05, 0.1) is 18.8 Å². The fourth-order valence-corrected chi connectivity index (χ4v) is 7.72. The van der Waals surface area contributed by atoms with Gasteiger partial charge in [-0.1, -0.05) is 258 Å². The zero-order valence-corrected chi connectivity index (χ0v) is 35.2. The number of carbonyl (C=O) groups excluding carboxylic acids is 1. The lowest BCUT2D eigenvalue weighted by Gasteiger charge is -2.22. The molecule has 4 heteroatoms. The molecule has 306 valence electrons. The summed E-state index contributed by atoms with van der Waals surface area (Å²) in [6, 6.07) is -0.529. The van der Waals surface area contributed by atoms with Crippen molar-refractivity contribution in [1.82, 2.24) is 5.32 Å². The lowest BCUT2D eigenvalue weighted by molar-refractivity contribution is -0.123. The van der Waals surface area contributed by atoms with E-state index in [2.05, 4.69) is 19.2 Å². The number of amides is 1. The number of aliphatic hydroxyl groups is 2. The minimum Gasteiger partial charge on any atom is -0.394 e. The van der Waals surface area contributed by atoms with Crippen molar-refractivity contribution in [3.8, 4) is 0 Å². The van der Waals surface area contributed by atoms with Gasteiger partial charge in [0.25, 0.3) is 0 Å². The zero-order valence-electron chi connectivity index (χ0n) is 35.2. The SMILES string of the molecule is CCCCCCCCCCCCCCCCCCCCCCCCCCC(=O)N[C@@H](CO)[C@H](O)CCCCCCCCCCCCCCCCC. The average molecular weight is 722 g/mol. The van der Waals surface area contributed by atoms with E-state index in [1.165, 1.54) is 225 Å². The molecule has 1 amide bonds. The number of carbonyl (C=O) groups is 1. The van der Waals surface area contributed by atoms with E-state index in [4.69, 9.17) is 0 Å². The third kappa shape index (κ3) is 40.4. The molecule has 0 spiro atoms. The van der Waals surface area contributed by atoms with E-state index >= 15 is 0 Å². The normalized spacial score (nSPS) is 12.8. The van der Waals surface area contributed by atoms with Crippen LogP contribution in [0.15, 0.2) is 0 Å². The van der Waals surface area contributed by atoms with Gasteiger partial charge in [-0.3, -0.25) is 4.79 Å². The maximum absolute atomic E-state index is 12.4. The number of hydrogen-bond donors (Lipinski definition) is 3. The van der Waals surface area contributed by atoms with E-state index in [1.807, 2.05) is 0 Å². The maximum atomic E-state index is 12.4. The van der Waals surface area contributed by atoms with Crippen LogP contribution in [0.25, 0.3) is 0 Å². The molecular formula is C47H95NO3. The Morgan fingerprint density at radius 3 is 0.882 bits per heavy atom. The number of unbranched alkanes of at least 4 members (excludes halogenated alkanes) is 37. The lowest BCUT2D eigenvalue weighted by atomic mass is 10.0. The molecule has 0 aliphatic carbocycles. The van der Waals surface area contributed by atoms with Crippen molar-refractivity contribution in [3.63, 3.8) is 0 Å². The molecule has 0 saturated carbocycles. The summed E-state index contributed by atoms with van der Waals surface area (Å²) < 4.78 is 0. The van der Waals surface area contributed by atoms with E-state index < -0.39 is 12.1 Å². The Hall–Kier alpha value is -0.610. The standard InChI is InChI=1S/C47H95NO3/c1-3-5-7-9-11-13-15-17-19-20-21-22-23-24-25-26-27-29-31-33-35-37-39-41-43-47(51)48-45(44-49)46(50)42-40-38-36-34-32-30-28-18-16-14-12-10-8-6-4-2/h45-46,49-50H,3-44H2,1-2H3,(H,48,51)/t45-,46+/m0/s1. The molecular weight excluding hydrogens is 627 g/mol. The lowest BCUT2D eigenvalue weighted by Crippen LogP contribution is -2.45. The molecule has 0 aromatic carbocycles. The van der Waals surface area contributed by atoms with E-state index in [9.17, 15) is 15.0 Å². The molecule has 0 aliphatic heterocycles. The first-order chi connectivity index (χ1) is 25.2. The highest BCUT2D eigenvalue weighted by atomic mass is 16.3. The second kappa shape index (κ2) is 43.8. The molecule has 51 heavy (non-hydrogen) atoms. The molecule has 0 rings (SSSR count). The molecule has 0 radical (unpaired) electrons. The number of rotatable bonds is 44. The molecule has 0 aromatic rings.